The normalized spacial score (nSPS) is 21.0. The maximum absolute atomic E-state index is 14.2. The molecule has 126 valence electrons. The molecule has 1 heterocycles. The molecule has 3 rings (SSSR count). The molecule has 1 N–H and O–H groups in total. The van der Waals surface area contributed by atoms with E-state index in [2.05, 4.69) is 0 Å². The third-order valence-corrected chi connectivity index (χ3v) is 6.48. The van der Waals surface area contributed by atoms with Gasteiger partial charge in [0.15, 0.2) is 5.82 Å². The van der Waals surface area contributed by atoms with E-state index in [9.17, 15) is 17.6 Å². The molecule has 0 aromatic heterocycles. The largest absolute Gasteiger partial charge is 0.478 e. The van der Waals surface area contributed by atoms with Gasteiger partial charge in [0.05, 0.1) is 12.2 Å². The lowest BCUT2D eigenvalue weighted by Crippen LogP contribution is -2.61. The smallest absolute Gasteiger partial charge is 0.338 e. The Bertz CT molecular complexity index is 738. The molecule has 0 unspecified atom stereocenters. The zero-order valence-corrected chi connectivity index (χ0v) is 13.5. The van der Waals surface area contributed by atoms with Crippen molar-refractivity contribution in [1.29, 1.82) is 0 Å². The third kappa shape index (κ3) is 2.64. The summed E-state index contributed by atoms with van der Waals surface area (Å²) in [6.45, 7) is 1.04. The number of carboxylic acid groups (broad SMARTS) is 1. The van der Waals surface area contributed by atoms with Gasteiger partial charge >= 0.3 is 5.97 Å². The molecule has 0 amide bonds. The standard InChI is InChI=1S/C15H18FNO5S/c1-22-9-15(10-5-6-10)7-17(8-15)23(20,21)12-4-2-3-11(13(12)16)14(18)19/h2-4,10H,5-9H2,1H3,(H,18,19). The van der Waals surface area contributed by atoms with Gasteiger partial charge in [0.2, 0.25) is 10.0 Å². The molecule has 0 bridgehead atoms. The van der Waals surface area contributed by atoms with E-state index in [1.54, 1.807) is 7.11 Å². The van der Waals surface area contributed by atoms with Crippen LogP contribution < -0.4 is 0 Å². The summed E-state index contributed by atoms with van der Waals surface area (Å²) in [5.74, 6) is -2.25. The molecule has 0 atom stereocenters. The highest BCUT2D eigenvalue weighted by Gasteiger charge is 2.56. The van der Waals surface area contributed by atoms with Crippen LogP contribution in [-0.4, -0.2) is 50.6 Å². The maximum atomic E-state index is 14.2. The fourth-order valence-corrected chi connectivity index (χ4v) is 5.01. The van der Waals surface area contributed by atoms with Crippen molar-refractivity contribution < 1.29 is 27.4 Å². The van der Waals surface area contributed by atoms with Crippen LogP contribution in [0.5, 0.6) is 0 Å². The van der Waals surface area contributed by atoms with Gasteiger partial charge in [0, 0.05) is 25.6 Å². The Morgan fingerprint density at radius 3 is 2.61 bits per heavy atom. The number of nitrogens with zero attached hydrogens (tertiary/aromatic N) is 1. The Balaban J connectivity index is 1.87. The predicted octanol–water partition coefficient (Wildman–Crippen LogP) is 1.57. The molecular weight excluding hydrogens is 325 g/mol. The van der Waals surface area contributed by atoms with Gasteiger partial charge in [-0.1, -0.05) is 6.07 Å². The molecule has 1 aromatic carbocycles. The maximum Gasteiger partial charge on any atom is 0.338 e. The number of methoxy groups -OCH3 is 1. The third-order valence-electron chi connectivity index (χ3n) is 4.67. The molecule has 2 fully saturated rings. The van der Waals surface area contributed by atoms with E-state index in [4.69, 9.17) is 9.84 Å². The Morgan fingerprint density at radius 1 is 1.43 bits per heavy atom. The highest BCUT2D eigenvalue weighted by Crippen LogP contribution is 2.52. The van der Waals surface area contributed by atoms with Crippen LogP contribution in [0.2, 0.25) is 0 Å². The molecule has 0 spiro atoms. The van der Waals surface area contributed by atoms with Crippen molar-refractivity contribution in [3.8, 4) is 0 Å². The van der Waals surface area contributed by atoms with E-state index in [1.165, 1.54) is 10.4 Å². The van der Waals surface area contributed by atoms with Gasteiger partial charge in [-0.25, -0.2) is 17.6 Å². The summed E-state index contributed by atoms with van der Waals surface area (Å²) in [5, 5.41) is 8.93. The second-order valence-corrected chi connectivity index (χ2v) is 8.17. The SMILES string of the molecule is COCC1(C2CC2)CN(S(=O)(=O)c2cccc(C(=O)O)c2F)C1. The molecule has 8 heteroatoms. The predicted molar refractivity (Wildman–Crippen MR) is 79.2 cm³/mol. The highest BCUT2D eigenvalue weighted by atomic mass is 32.2. The van der Waals surface area contributed by atoms with E-state index in [0.29, 0.717) is 12.5 Å². The van der Waals surface area contributed by atoms with Crippen molar-refractivity contribution >= 4 is 16.0 Å². The summed E-state index contributed by atoms with van der Waals surface area (Å²) in [5.41, 5.74) is -0.833. The van der Waals surface area contributed by atoms with Crippen molar-refractivity contribution in [2.24, 2.45) is 11.3 Å². The van der Waals surface area contributed by atoms with Gasteiger partial charge in [-0.3, -0.25) is 0 Å². The first-order valence-electron chi connectivity index (χ1n) is 7.33. The zero-order chi connectivity index (χ0) is 16.8. The fraction of sp³-hybridized carbons (Fsp3) is 0.533. The number of aromatic carboxylic acids is 1. The summed E-state index contributed by atoms with van der Waals surface area (Å²) < 4.78 is 45.9. The summed E-state index contributed by atoms with van der Waals surface area (Å²) in [7, 11) is -2.46. The van der Waals surface area contributed by atoms with Gasteiger partial charge in [-0.05, 0) is 30.9 Å². The fourth-order valence-electron chi connectivity index (χ4n) is 3.29. The van der Waals surface area contributed by atoms with Crippen LogP contribution >= 0.6 is 0 Å². The number of benzene rings is 1. The summed E-state index contributed by atoms with van der Waals surface area (Å²) in [6.07, 6.45) is 2.11. The molecule has 1 aliphatic heterocycles. The van der Waals surface area contributed by atoms with E-state index in [0.717, 1.165) is 25.0 Å². The Kier molecular flexibility index (Phi) is 3.94. The topological polar surface area (TPSA) is 83.9 Å². The number of ether oxygens (including phenoxy) is 1. The van der Waals surface area contributed by atoms with E-state index in [-0.39, 0.29) is 18.5 Å². The quantitative estimate of drug-likeness (QED) is 0.848. The van der Waals surface area contributed by atoms with Crippen LogP contribution in [0, 0.1) is 17.2 Å². The van der Waals surface area contributed by atoms with Gasteiger partial charge in [-0.2, -0.15) is 4.31 Å². The number of sulfonamides is 1. The van der Waals surface area contributed by atoms with Crippen LogP contribution in [0.3, 0.4) is 0 Å². The zero-order valence-electron chi connectivity index (χ0n) is 12.7. The molecule has 1 aromatic rings. The Hall–Kier alpha value is -1.51. The Morgan fingerprint density at radius 2 is 2.09 bits per heavy atom. The van der Waals surface area contributed by atoms with Crippen LogP contribution in [0.4, 0.5) is 4.39 Å². The van der Waals surface area contributed by atoms with E-state index >= 15 is 0 Å². The molecule has 1 saturated heterocycles. The molecule has 0 radical (unpaired) electrons. The van der Waals surface area contributed by atoms with Gasteiger partial charge in [0.1, 0.15) is 4.90 Å². The van der Waals surface area contributed by atoms with Crippen molar-refractivity contribution in [2.45, 2.75) is 17.7 Å². The van der Waals surface area contributed by atoms with Crippen molar-refractivity contribution in [1.82, 2.24) is 4.31 Å². The van der Waals surface area contributed by atoms with Gasteiger partial charge in [0.25, 0.3) is 0 Å². The van der Waals surface area contributed by atoms with Crippen LogP contribution in [0.25, 0.3) is 0 Å². The molecule has 23 heavy (non-hydrogen) atoms. The Labute approximate surface area is 133 Å². The second kappa shape index (κ2) is 5.54. The second-order valence-electron chi connectivity index (χ2n) is 6.27. The van der Waals surface area contributed by atoms with Crippen LogP contribution in [0.1, 0.15) is 23.2 Å². The summed E-state index contributed by atoms with van der Waals surface area (Å²) in [4.78, 5) is 10.4. The minimum Gasteiger partial charge on any atom is -0.478 e. The average Bonchev–Trinajstić information content (AvgIpc) is 3.26. The first-order valence-corrected chi connectivity index (χ1v) is 8.77. The van der Waals surface area contributed by atoms with Crippen molar-refractivity contribution in [3.63, 3.8) is 0 Å². The van der Waals surface area contributed by atoms with Crippen LogP contribution in [-0.2, 0) is 14.8 Å². The molecule has 1 saturated carbocycles. The number of halogens is 1. The van der Waals surface area contributed by atoms with Gasteiger partial charge in [-0.15, -0.1) is 0 Å². The van der Waals surface area contributed by atoms with Crippen molar-refractivity contribution in [2.75, 3.05) is 26.8 Å². The molecule has 6 nitrogen and oxygen atoms in total. The van der Waals surface area contributed by atoms with E-state index in [1.807, 2.05) is 0 Å². The lowest BCUT2D eigenvalue weighted by atomic mass is 9.77. The molecule has 2 aliphatic rings. The lowest BCUT2D eigenvalue weighted by molar-refractivity contribution is -0.0282. The number of rotatable bonds is 6. The monoisotopic (exact) mass is 343 g/mol. The first kappa shape index (κ1) is 16.4. The first-order chi connectivity index (χ1) is 10.8. The minimum atomic E-state index is -4.04. The summed E-state index contributed by atoms with van der Waals surface area (Å²) >= 11 is 0. The van der Waals surface area contributed by atoms with Crippen LogP contribution in [0.15, 0.2) is 23.1 Å². The molecular formula is C15H18FNO5S. The number of carboxylic acids is 1. The summed E-state index contributed by atoms with van der Waals surface area (Å²) in [6, 6.07) is 3.39. The van der Waals surface area contributed by atoms with Crippen molar-refractivity contribution in [3.05, 3.63) is 29.6 Å². The number of hydrogen-bond acceptors (Lipinski definition) is 4. The number of carbonyl (C=O) groups is 1. The number of hydrogen-bond donors (Lipinski definition) is 1. The average molecular weight is 343 g/mol. The lowest BCUT2D eigenvalue weighted by Gasteiger charge is -2.49. The van der Waals surface area contributed by atoms with Gasteiger partial charge < -0.3 is 9.84 Å². The molecule has 1 aliphatic carbocycles. The minimum absolute atomic E-state index is 0.192. The highest BCUT2D eigenvalue weighted by molar-refractivity contribution is 7.89. The van der Waals surface area contributed by atoms with E-state index < -0.39 is 32.3 Å².